The summed E-state index contributed by atoms with van der Waals surface area (Å²) in [5.74, 6) is 1.07. The van der Waals surface area contributed by atoms with Gasteiger partial charge in [-0.25, -0.2) is 0 Å². The van der Waals surface area contributed by atoms with Gasteiger partial charge in [0.1, 0.15) is 12.4 Å². The summed E-state index contributed by atoms with van der Waals surface area (Å²) in [5, 5.41) is 25.1. The van der Waals surface area contributed by atoms with Crippen molar-refractivity contribution in [1.29, 1.82) is 0 Å². The minimum absolute atomic E-state index is 0.118. The molecule has 0 radical (unpaired) electrons. The number of nitrogens with zero attached hydrogens (tertiary/aromatic N) is 2. The largest absolute Gasteiger partial charge is 0.508 e. The van der Waals surface area contributed by atoms with Crippen molar-refractivity contribution in [1.82, 2.24) is 4.90 Å². The average Bonchev–Trinajstić information content (AvgIpc) is 2.87. The molecule has 2 fully saturated rings. The molecular formula is C22H34N2O3. The summed E-state index contributed by atoms with van der Waals surface area (Å²) >= 11 is 0. The Kier molecular flexibility index (Phi) is 6.11. The van der Waals surface area contributed by atoms with Crippen LogP contribution in [0, 0.1) is 17.3 Å². The van der Waals surface area contributed by atoms with Crippen molar-refractivity contribution >= 4 is 6.21 Å². The maximum absolute atomic E-state index is 11.5. The second-order valence-corrected chi connectivity index (χ2v) is 8.96. The lowest BCUT2D eigenvalue weighted by molar-refractivity contribution is -0.106. The summed E-state index contributed by atoms with van der Waals surface area (Å²) in [6.45, 7) is 3.67. The molecule has 3 rings (SSSR count). The number of phenolic OH excluding ortho intramolecular Hbond substituents is 1. The van der Waals surface area contributed by atoms with E-state index in [1.54, 1.807) is 12.1 Å². The van der Waals surface area contributed by atoms with Crippen molar-refractivity contribution in [3.8, 4) is 5.75 Å². The van der Waals surface area contributed by atoms with Gasteiger partial charge in [0, 0.05) is 24.1 Å². The van der Waals surface area contributed by atoms with Gasteiger partial charge in [-0.2, -0.15) is 0 Å². The standard InChI is InChI=1S/C22H34N2O3/c1-21-10-8-18(14-17-4-6-20(25)7-5-17)15-22(21,26)11-9-19(21)16-23-27-13-12-24(2)3/h4-7,16,18-19,25-26H,8-15H2,1-3H3/b23-16+/t18-,19-,21-,22+/m1/s1. The van der Waals surface area contributed by atoms with E-state index in [-0.39, 0.29) is 11.3 Å². The summed E-state index contributed by atoms with van der Waals surface area (Å²) in [5.41, 5.74) is 0.496. The number of fused-ring (bicyclic) bond motifs is 1. The number of aromatic hydroxyl groups is 1. The van der Waals surface area contributed by atoms with E-state index in [1.807, 2.05) is 32.4 Å². The number of oxime groups is 1. The molecule has 2 saturated carbocycles. The van der Waals surface area contributed by atoms with Gasteiger partial charge < -0.3 is 20.0 Å². The molecular weight excluding hydrogens is 340 g/mol. The van der Waals surface area contributed by atoms with Crippen molar-refractivity contribution in [2.24, 2.45) is 22.4 Å². The zero-order valence-electron chi connectivity index (χ0n) is 16.9. The predicted octanol–water partition coefficient (Wildman–Crippen LogP) is 3.45. The van der Waals surface area contributed by atoms with Gasteiger partial charge in [0.05, 0.1) is 5.60 Å². The van der Waals surface area contributed by atoms with Crippen LogP contribution in [0.1, 0.15) is 44.6 Å². The lowest BCUT2D eigenvalue weighted by Crippen LogP contribution is -2.50. The highest BCUT2D eigenvalue weighted by Gasteiger charge is 2.58. The van der Waals surface area contributed by atoms with Crippen molar-refractivity contribution in [2.75, 3.05) is 27.2 Å². The molecule has 0 bridgehead atoms. The predicted molar refractivity (Wildman–Crippen MR) is 108 cm³/mol. The van der Waals surface area contributed by atoms with Crippen LogP contribution in [0.25, 0.3) is 0 Å². The van der Waals surface area contributed by atoms with E-state index in [0.29, 0.717) is 18.3 Å². The molecule has 0 saturated heterocycles. The molecule has 0 aromatic heterocycles. The number of likely N-dealkylation sites (N-methyl/N-ethyl adjacent to an activating group) is 1. The molecule has 0 spiro atoms. The van der Waals surface area contributed by atoms with Crippen LogP contribution in [-0.4, -0.2) is 54.2 Å². The lowest BCUT2D eigenvalue weighted by atomic mass is 9.59. The molecule has 0 amide bonds. The van der Waals surface area contributed by atoms with E-state index >= 15 is 0 Å². The summed E-state index contributed by atoms with van der Waals surface area (Å²) in [6, 6.07) is 7.47. The van der Waals surface area contributed by atoms with Crippen molar-refractivity contribution < 1.29 is 15.1 Å². The van der Waals surface area contributed by atoms with Crippen LogP contribution in [0.3, 0.4) is 0 Å². The summed E-state index contributed by atoms with van der Waals surface area (Å²) in [4.78, 5) is 7.47. The van der Waals surface area contributed by atoms with E-state index in [4.69, 9.17) is 4.84 Å². The first-order valence-corrected chi connectivity index (χ1v) is 10.1. The molecule has 0 unspecified atom stereocenters. The molecule has 150 valence electrons. The number of aliphatic hydroxyl groups is 1. The summed E-state index contributed by atoms with van der Waals surface area (Å²) in [7, 11) is 4.03. The molecule has 5 heteroatoms. The Morgan fingerprint density at radius 1 is 1.22 bits per heavy atom. The first-order valence-electron chi connectivity index (χ1n) is 10.1. The maximum Gasteiger partial charge on any atom is 0.129 e. The monoisotopic (exact) mass is 374 g/mol. The number of hydrogen-bond acceptors (Lipinski definition) is 5. The summed E-state index contributed by atoms with van der Waals surface area (Å²) in [6.07, 6.45) is 7.69. The molecule has 4 atom stereocenters. The Hall–Kier alpha value is -1.59. The van der Waals surface area contributed by atoms with E-state index in [9.17, 15) is 10.2 Å². The topological polar surface area (TPSA) is 65.3 Å². The third-order valence-corrected chi connectivity index (χ3v) is 6.85. The minimum atomic E-state index is -0.618. The van der Waals surface area contributed by atoms with E-state index in [1.165, 1.54) is 5.56 Å². The number of benzene rings is 1. The Labute approximate surface area is 163 Å². The van der Waals surface area contributed by atoms with Gasteiger partial charge in [-0.15, -0.1) is 0 Å². The molecule has 2 N–H and O–H groups in total. The highest BCUT2D eigenvalue weighted by Crippen LogP contribution is 2.58. The first-order chi connectivity index (χ1) is 12.8. The Morgan fingerprint density at radius 2 is 1.96 bits per heavy atom. The molecule has 0 aliphatic heterocycles. The molecule has 5 nitrogen and oxygen atoms in total. The second-order valence-electron chi connectivity index (χ2n) is 8.96. The SMILES string of the molecule is CN(C)CCO/N=C/[C@H]1CC[C@]2(O)C[C@@H](Cc3ccc(O)cc3)CC[C@]12C. The van der Waals surface area contributed by atoms with Crippen molar-refractivity contribution in [2.45, 2.75) is 51.0 Å². The van der Waals surface area contributed by atoms with Crippen LogP contribution in [0.5, 0.6) is 5.75 Å². The van der Waals surface area contributed by atoms with Crippen LogP contribution >= 0.6 is 0 Å². The highest BCUT2D eigenvalue weighted by atomic mass is 16.6. The molecule has 27 heavy (non-hydrogen) atoms. The van der Waals surface area contributed by atoms with Crippen LogP contribution < -0.4 is 0 Å². The quantitative estimate of drug-likeness (QED) is 0.436. The molecule has 2 aliphatic rings. The number of rotatable bonds is 7. The van der Waals surface area contributed by atoms with E-state index in [2.05, 4.69) is 17.0 Å². The zero-order valence-corrected chi connectivity index (χ0v) is 16.9. The Morgan fingerprint density at radius 3 is 2.67 bits per heavy atom. The molecule has 2 aliphatic carbocycles. The van der Waals surface area contributed by atoms with Crippen LogP contribution in [0.2, 0.25) is 0 Å². The average molecular weight is 375 g/mol. The number of hydrogen-bond donors (Lipinski definition) is 2. The van der Waals surface area contributed by atoms with Gasteiger partial charge in [0.2, 0.25) is 0 Å². The van der Waals surface area contributed by atoms with Crippen LogP contribution in [0.4, 0.5) is 0 Å². The second kappa shape index (κ2) is 8.19. The molecule has 1 aromatic carbocycles. The van der Waals surface area contributed by atoms with Gasteiger partial charge in [0.15, 0.2) is 0 Å². The van der Waals surface area contributed by atoms with Gasteiger partial charge >= 0.3 is 0 Å². The van der Waals surface area contributed by atoms with E-state index < -0.39 is 5.60 Å². The zero-order chi connectivity index (χ0) is 19.5. The fraction of sp³-hybridized carbons (Fsp3) is 0.682. The minimum Gasteiger partial charge on any atom is -0.508 e. The van der Waals surface area contributed by atoms with Crippen molar-refractivity contribution in [3.63, 3.8) is 0 Å². The summed E-state index contributed by atoms with van der Waals surface area (Å²) < 4.78 is 0. The maximum atomic E-state index is 11.5. The van der Waals surface area contributed by atoms with Gasteiger partial charge in [0.25, 0.3) is 0 Å². The number of phenols is 1. The highest BCUT2D eigenvalue weighted by molar-refractivity contribution is 5.62. The Bertz CT molecular complexity index is 645. The fourth-order valence-corrected chi connectivity index (χ4v) is 4.95. The Balaban J connectivity index is 1.58. The van der Waals surface area contributed by atoms with Gasteiger partial charge in [-0.05, 0) is 76.2 Å². The van der Waals surface area contributed by atoms with Gasteiger partial charge in [-0.3, -0.25) is 0 Å². The lowest BCUT2D eigenvalue weighted by Gasteiger charge is -2.48. The van der Waals surface area contributed by atoms with Crippen LogP contribution in [-0.2, 0) is 11.3 Å². The molecule has 1 aromatic rings. The van der Waals surface area contributed by atoms with Crippen LogP contribution in [0.15, 0.2) is 29.4 Å². The normalized spacial score (nSPS) is 33.5. The van der Waals surface area contributed by atoms with Crippen molar-refractivity contribution in [3.05, 3.63) is 29.8 Å². The smallest absolute Gasteiger partial charge is 0.129 e. The van der Waals surface area contributed by atoms with E-state index in [0.717, 1.165) is 45.1 Å². The fourth-order valence-electron chi connectivity index (χ4n) is 4.95. The third kappa shape index (κ3) is 4.46. The first kappa shape index (κ1) is 20.2. The molecule has 0 heterocycles. The van der Waals surface area contributed by atoms with Gasteiger partial charge in [-0.1, -0.05) is 24.2 Å². The third-order valence-electron chi connectivity index (χ3n) is 6.85.